The lowest BCUT2D eigenvalue weighted by atomic mass is 9.78. The number of hydrogen-bond donors (Lipinski definition) is 1. The molecule has 1 aliphatic carbocycles. The van der Waals surface area contributed by atoms with Gasteiger partial charge in [0.1, 0.15) is 5.54 Å². The van der Waals surface area contributed by atoms with Crippen molar-refractivity contribution < 1.29 is 9.53 Å². The smallest absolute Gasteiger partial charge is 0.326 e. The summed E-state index contributed by atoms with van der Waals surface area (Å²) in [4.78, 5) is 14.7. The van der Waals surface area contributed by atoms with Gasteiger partial charge in [-0.3, -0.25) is 4.79 Å². The van der Waals surface area contributed by atoms with Crippen LogP contribution in [0.25, 0.3) is 0 Å². The molecule has 4 heteroatoms. The van der Waals surface area contributed by atoms with E-state index in [0.717, 1.165) is 25.7 Å². The standard InChI is InChI=1S/C15H30N2O2/c1-6-12(3)17(5)13-9-8-10-15(11-13,16-4)14(18)19-7-2/h12-13,16H,6-11H2,1-5H3. The predicted octanol–water partition coefficient (Wildman–Crippen LogP) is 2.18. The largest absolute Gasteiger partial charge is 0.465 e. The number of carbonyl (C=O) groups excluding carboxylic acids is 1. The van der Waals surface area contributed by atoms with Crippen molar-refractivity contribution in [1.82, 2.24) is 10.2 Å². The molecule has 0 radical (unpaired) electrons. The molecule has 112 valence electrons. The van der Waals surface area contributed by atoms with Crippen molar-refractivity contribution in [3.05, 3.63) is 0 Å². The molecule has 0 bridgehead atoms. The SMILES string of the molecule is CCOC(=O)C1(NC)CCCC(N(C)C(C)CC)C1. The number of nitrogens with one attached hydrogen (secondary N) is 1. The Bertz CT molecular complexity index is 296. The lowest BCUT2D eigenvalue weighted by molar-refractivity contribution is -0.153. The van der Waals surface area contributed by atoms with Gasteiger partial charge in [-0.15, -0.1) is 0 Å². The number of esters is 1. The fourth-order valence-electron chi connectivity index (χ4n) is 3.03. The second kappa shape index (κ2) is 7.25. The fourth-order valence-corrected chi connectivity index (χ4v) is 3.03. The van der Waals surface area contributed by atoms with Crippen LogP contribution in [0.3, 0.4) is 0 Å². The van der Waals surface area contributed by atoms with Gasteiger partial charge in [-0.2, -0.15) is 0 Å². The first-order valence-electron chi connectivity index (χ1n) is 7.58. The van der Waals surface area contributed by atoms with E-state index in [-0.39, 0.29) is 5.97 Å². The van der Waals surface area contributed by atoms with E-state index in [1.54, 1.807) is 0 Å². The van der Waals surface area contributed by atoms with E-state index in [2.05, 4.69) is 31.1 Å². The Labute approximate surface area is 117 Å². The van der Waals surface area contributed by atoms with E-state index in [0.29, 0.717) is 18.7 Å². The van der Waals surface area contributed by atoms with Crippen LogP contribution in [0.5, 0.6) is 0 Å². The minimum absolute atomic E-state index is 0.0836. The Kier molecular flexibility index (Phi) is 6.27. The van der Waals surface area contributed by atoms with Gasteiger partial charge >= 0.3 is 5.97 Å². The summed E-state index contributed by atoms with van der Waals surface area (Å²) in [6.07, 6.45) is 5.12. The van der Waals surface area contributed by atoms with Crippen LogP contribution >= 0.6 is 0 Å². The minimum Gasteiger partial charge on any atom is -0.465 e. The Morgan fingerprint density at radius 3 is 2.74 bits per heavy atom. The van der Waals surface area contributed by atoms with Gasteiger partial charge in [-0.25, -0.2) is 0 Å². The Balaban J connectivity index is 2.78. The van der Waals surface area contributed by atoms with Crippen LogP contribution in [0.15, 0.2) is 0 Å². The molecule has 4 nitrogen and oxygen atoms in total. The zero-order valence-corrected chi connectivity index (χ0v) is 13.2. The highest BCUT2D eigenvalue weighted by Crippen LogP contribution is 2.32. The summed E-state index contributed by atoms with van der Waals surface area (Å²) in [5.41, 5.74) is -0.485. The van der Waals surface area contributed by atoms with Crippen molar-refractivity contribution in [3.8, 4) is 0 Å². The molecule has 0 spiro atoms. The molecule has 0 saturated heterocycles. The van der Waals surface area contributed by atoms with Crippen molar-refractivity contribution in [1.29, 1.82) is 0 Å². The lowest BCUT2D eigenvalue weighted by Gasteiger charge is -2.43. The Morgan fingerprint density at radius 2 is 2.21 bits per heavy atom. The highest BCUT2D eigenvalue weighted by Gasteiger charge is 2.44. The van der Waals surface area contributed by atoms with Crippen LogP contribution in [-0.4, -0.2) is 49.2 Å². The van der Waals surface area contributed by atoms with Crippen molar-refractivity contribution in [2.45, 2.75) is 70.5 Å². The van der Waals surface area contributed by atoms with Gasteiger partial charge < -0.3 is 15.0 Å². The van der Waals surface area contributed by atoms with Gasteiger partial charge in [0.05, 0.1) is 6.61 Å². The molecule has 0 aliphatic heterocycles. The molecular weight excluding hydrogens is 240 g/mol. The first-order valence-corrected chi connectivity index (χ1v) is 7.58. The molecule has 1 aliphatic rings. The van der Waals surface area contributed by atoms with Gasteiger partial charge in [0.2, 0.25) is 0 Å². The summed E-state index contributed by atoms with van der Waals surface area (Å²) in [7, 11) is 4.05. The number of carbonyl (C=O) groups is 1. The number of likely N-dealkylation sites (N-methyl/N-ethyl adjacent to an activating group) is 1. The maximum Gasteiger partial charge on any atom is 0.326 e. The van der Waals surface area contributed by atoms with Gasteiger partial charge in [0, 0.05) is 12.1 Å². The minimum atomic E-state index is -0.485. The normalized spacial score (nSPS) is 29.3. The predicted molar refractivity (Wildman–Crippen MR) is 78.2 cm³/mol. The summed E-state index contributed by atoms with van der Waals surface area (Å²) in [5.74, 6) is -0.0836. The van der Waals surface area contributed by atoms with Crippen LogP contribution in [-0.2, 0) is 9.53 Å². The van der Waals surface area contributed by atoms with E-state index in [4.69, 9.17) is 4.74 Å². The van der Waals surface area contributed by atoms with E-state index in [1.807, 2.05) is 14.0 Å². The zero-order valence-electron chi connectivity index (χ0n) is 13.2. The first kappa shape index (κ1) is 16.4. The number of hydrogen-bond acceptors (Lipinski definition) is 4. The van der Waals surface area contributed by atoms with E-state index < -0.39 is 5.54 Å². The topological polar surface area (TPSA) is 41.6 Å². The molecule has 0 amide bonds. The molecule has 3 atom stereocenters. The molecule has 1 fully saturated rings. The van der Waals surface area contributed by atoms with Gasteiger partial charge in [0.25, 0.3) is 0 Å². The molecule has 3 unspecified atom stereocenters. The van der Waals surface area contributed by atoms with Gasteiger partial charge in [0.15, 0.2) is 0 Å². The second-order valence-corrected chi connectivity index (χ2v) is 5.73. The van der Waals surface area contributed by atoms with Crippen molar-refractivity contribution in [2.24, 2.45) is 0 Å². The van der Waals surface area contributed by atoms with Crippen LogP contribution in [0, 0.1) is 0 Å². The van der Waals surface area contributed by atoms with E-state index in [9.17, 15) is 4.79 Å². The monoisotopic (exact) mass is 270 g/mol. The summed E-state index contributed by atoms with van der Waals surface area (Å²) in [6.45, 7) is 6.78. The molecule has 0 heterocycles. The average molecular weight is 270 g/mol. The van der Waals surface area contributed by atoms with Crippen molar-refractivity contribution in [2.75, 3.05) is 20.7 Å². The number of ether oxygens (including phenoxy) is 1. The highest BCUT2D eigenvalue weighted by atomic mass is 16.5. The van der Waals surface area contributed by atoms with E-state index in [1.165, 1.54) is 6.42 Å². The zero-order chi connectivity index (χ0) is 14.5. The lowest BCUT2D eigenvalue weighted by Crippen LogP contribution is -2.58. The maximum atomic E-state index is 12.3. The number of rotatable bonds is 6. The molecular formula is C15H30N2O2. The summed E-state index contributed by atoms with van der Waals surface area (Å²) in [6, 6.07) is 1.01. The molecule has 1 N–H and O–H groups in total. The van der Waals surface area contributed by atoms with Crippen molar-refractivity contribution in [3.63, 3.8) is 0 Å². The van der Waals surface area contributed by atoms with Crippen LogP contribution in [0.4, 0.5) is 0 Å². The highest BCUT2D eigenvalue weighted by molar-refractivity contribution is 5.81. The second-order valence-electron chi connectivity index (χ2n) is 5.73. The van der Waals surface area contributed by atoms with E-state index >= 15 is 0 Å². The van der Waals surface area contributed by atoms with Gasteiger partial charge in [-0.1, -0.05) is 6.92 Å². The fraction of sp³-hybridized carbons (Fsp3) is 0.933. The summed E-state index contributed by atoms with van der Waals surface area (Å²) < 4.78 is 5.27. The third kappa shape index (κ3) is 3.69. The number of nitrogens with zero attached hydrogens (tertiary/aromatic N) is 1. The molecule has 1 saturated carbocycles. The average Bonchev–Trinajstić information content (AvgIpc) is 2.45. The van der Waals surface area contributed by atoms with Gasteiger partial charge in [-0.05, 0) is 60.0 Å². The molecule has 19 heavy (non-hydrogen) atoms. The summed E-state index contributed by atoms with van der Waals surface area (Å²) in [5, 5.41) is 3.24. The quantitative estimate of drug-likeness (QED) is 0.751. The third-order valence-electron chi connectivity index (χ3n) is 4.73. The molecule has 0 aromatic carbocycles. The molecule has 1 rings (SSSR count). The summed E-state index contributed by atoms with van der Waals surface area (Å²) >= 11 is 0. The molecule has 0 aromatic rings. The van der Waals surface area contributed by atoms with Crippen molar-refractivity contribution >= 4 is 5.97 Å². The van der Waals surface area contributed by atoms with Crippen LogP contribution in [0.1, 0.15) is 52.9 Å². The van der Waals surface area contributed by atoms with Crippen LogP contribution < -0.4 is 5.32 Å². The maximum absolute atomic E-state index is 12.3. The Hall–Kier alpha value is -0.610. The molecule has 0 aromatic heterocycles. The van der Waals surface area contributed by atoms with Crippen LogP contribution in [0.2, 0.25) is 0 Å². The first-order chi connectivity index (χ1) is 9.00. The third-order valence-corrected chi connectivity index (χ3v) is 4.73. The Morgan fingerprint density at radius 1 is 1.53 bits per heavy atom.